The molecule has 1 saturated carbocycles. The topological polar surface area (TPSA) is 55.1 Å². The first-order valence-electron chi connectivity index (χ1n) is 6.33. The van der Waals surface area contributed by atoms with Gasteiger partial charge in [-0.2, -0.15) is 0 Å². The average molecular weight is 311 g/mol. The highest BCUT2D eigenvalue weighted by Crippen LogP contribution is 2.43. The standard InChI is InChI=1S/C14H19BrN2O/c1-10(16)13(18)17-9-14(7-2-8-14)11-3-5-12(15)6-4-11/h3-6,10H,2,7-9,16H2,1H3,(H,17,18)/t10-/m0/s1. The van der Waals surface area contributed by atoms with Crippen molar-refractivity contribution in [2.45, 2.75) is 37.6 Å². The predicted octanol–water partition coefficient (Wildman–Crippen LogP) is 2.33. The Balaban J connectivity index is 2.07. The molecule has 0 bridgehead atoms. The maximum atomic E-state index is 11.6. The molecule has 1 aromatic rings. The molecule has 0 heterocycles. The van der Waals surface area contributed by atoms with Gasteiger partial charge >= 0.3 is 0 Å². The third kappa shape index (κ3) is 2.75. The summed E-state index contributed by atoms with van der Waals surface area (Å²) in [6.07, 6.45) is 3.49. The average Bonchev–Trinajstić information content (AvgIpc) is 2.29. The lowest BCUT2D eigenvalue weighted by atomic mass is 9.64. The molecular formula is C14H19BrN2O. The summed E-state index contributed by atoms with van der Waals surface area (Å²) < 4.78 is 1.08. The molecule has 4 heteroatoms. The molecule has 1 aliphatic carbocycles. The second-order valence-electron chi connectivity index (χ2n) is 5.15. The lowest BCUT2D eigenvalue weighted by Crippen LogP contribution is -2.49. The number of nitrogens with two attached hydrogens (primary N) is 1. The molecule has 0 radical (unpaired) electrons. The fraction of sp³-hybridized carbons (Fsp3) is 0.500. The van der Waals surface area contributed by atoms with Crippen molar-refractivity contribution < 1.29 is 4.79 Å². The number of rotatable bonds is 4. The second-order valence-corrected chi connectivity index (χ2v) is 6.06. The molecule has 0 saturated heterocycles. The van der Waals surface area contributed by atoms with Gasteiger partial charge in [-0.05, 0) is 37.5 Å². The smallest absolute Gasteiger partial charge is 0.236 e. The highest BCUT2D eigenvalue weighted by atomic mass is 79.9. The second kappa shape index (κ2) is 5.41. The molecule has 0 spiro atoms. The largest absolute Gasteiger partial charge is 0.354 e. The van der Waals surface area contributed by atoms with E-state index in [4.69, 9.17) is 5.73 Å². The Morgan fingerprint density at radius 3 is 2.50 bits per heavy atom. The van der Waals surface area contributed by atoms with E-state index in [9.17, 15) is 4.79 Å². The summed E-state index contributed by atoms with van der Waals surface area (Å²) in [5.74, 6) is -0.0709. The van der Waals surface area contributed by atoms with Crippen LogP contribution in [-0.2, 0) is 10.2 Å². The summed E-state index contributed by atoms with van der Waals surface area (Å²) >= 11 is 3.45. The first kappa shape index (κ1) is 13.6. The molecule has 18 heavy (non-hydrogen) atoms. The first-order valence-corrected chi connectivity index (χ1v) is 7.12. The normalized spacial score (nSPS) is 18.8. The molecule has 0 aliphatic heterocycles. The minimum absolute atomic E-state index is 0.0709. The zero-order valence-electron chi connectivity index (χ0n) is 10.6. The van der Waals surface area contributed by atoms with Crippen molar-refractivity contribution in [1.29, 1.82) is 0 Å². The van der Waals surface area contributed by atoms with Gasteiger partial charge in [-0.1, -0.05) is 34.5 Å². The number of nitrogens with one attached hydrogen (secondary N) is 1. The zero-order valence-corrected chi connectivity index (χ0v) is 12.2. The van der Waals surface area contributed by atoms with Crippen molar-refractivity contribution in [3.05, 3.63) is 34.3 Å². The van der Waals surface area contributed by atoms with Crippen molar-refractivity contribution in [3.63, 3.8) is 0 Å². The van der Waals surface area contributed by atoms with Gasteiger partial charge in [0.1, 0.15) is 0 Å². The summed E-state index contributed by atoms with van der Waals surface area (Å²) in [6, 6.07) is 7.96. The van der Waals surface area contributed by atoms with E-state index in [2.05, 4.69) is 45.5 Å². The molecule has 1 atom stereocenters. The van der Waals surface area contributed by atoms with Gasteiger partial charge in [0, 0.05) is 16.4 Å². The molecule has 1 fully saturated rings. The van der Waals surface area contributed by atoms with Crippen LogP contribution in [0.4, 0.5) is 0 Å². The Labute approximate surface area is 116 Å². The maximum absolute atomic E-state index is 11.6. The number of hydrogen-bond acceptors (Lipinski definition) is 2. The van der Waals surface area contributed by atoms with Crippen LogP contribution in [0.2, 0.25) is 0 Å². The first-order chi connectivity index (χ1) is 8.53. The van der Waals surface area contributed by atoms with Crippen LogP contribution in [0.5, 0.6) is 0 Å². The molecular weight excluding hydrogens is 292 g/mol. The SMILES string of the molecule is C[C@H](N)C(=O)NCC1(c2ccc(Br)cc2)CCC1. The Morgan fingerprint density at radius 1 is 1.44 bits per heavy atom. The summed E-state index contributed by atoms with van der Waals surface area (Å²) in [6.45, 7) is 2.40. The maximum Gasteiger partial charge on any atom is 0.236 e. The predicted molar refractivity (Wildman–Crippen MR) is 76.3 cm³/mol. The van der Waals surface area contributed by atoms with E-state index in [1.165, 1.54) is 12.0 Å². The third-order valence-corrected chi connectivity index (χ3v) is 4.31. The lowest BCUT2D eigenvalue weighted by Gasteiger charge is -2.42. The van der Waals surface area contributed by atoms with Crippen LogP contribution in [-0.4, -0.2) is 18.5 Å². The van der Waals surface area contributed by atoms with E-state index in [1.54, 1.807) is 6.92 Å². The van der Waals surface area contributed by atoms with Gasteiger partial charge < -0.3 is 11.1 Å². The van der Waals surface area contributed by atoms with E-state index in [0.717, 1.165) is 17.3 Å². The van der Waals surface area contributed by atoms with Gasteiger partial charge in [0.25, 0.3) is 0 Å². The minimum Gasteiger partial charge on any atom is -0.354 e. The van der Waals surface area contributed by atoms with E-state index in [-0.39, 0.29) is 11.3 Å². The zero-order chi connectivity index (χ0) is 13.2. The van der Waals surface area contributed by atoms with Crippen LogP contribution in [0.25, 0.3) is 0 Å². The molecule has 3 nitrogen and oxygen atoms in total. The Kier molecular flexibility index (Phi) is 4.07. The third-order valence-electron chi connectivity index (χ3n) is 3.78. The highest BCUT2D eigenvalue weighted by Gasteiger charge is 2.38. The Bertz CT molecular complexity index is 424. The molecule has 1 amide bonds. The number of benzene rings is 1. The van der Waals surface area contributed by atoms with Gasteiger partial charge in [-0.25, -0.2) is 0 Å². The monoisotopic (exact) mass is 310 g/mol. The summed E-state index contributed by atoms with van der Waals surface area (Å²) in [4.78, 5) is 11.6. The fourth-order valence-electron chi connectivity index (χ4n) is 2.39. The molecule has 2 rings (SSSR count). The van der Waals surface area contributed by atoms with E-state index in [0.29, 0.717) is 6.54 Å². The van der Waals surface area contributed by atoms with Crippen molar-refractivity contribution in [3.8, 4) is 0 Å². The minimum atomic E-state index is -0.438. The summed E-state index contributed by atoms with van der Waals surface area (Å²) in [7, 11) is 0. The van der Waals surface area contributed by atoms with Gasteiger partial charge in [-0.15, -0.1) is 0 Å². The van der Waals surface area contributed by atoms with Crippen molar-refractivity contribution in [2.75, 3.05) is 6.54 Å². The van der Waals surface area contributed by atoms with Crippen LogP contribution in [0.1, 0.15) is 31.7 Å². The Hall–Kier alpha value is -0.870. The lowest BCUT2D eigenvalue weighted by molar-refractivity contribution is -0.122. The van der Waals surface area contributed by atoms with Crippen LogP contribution in [0, 0.1) is 0 Å². The quantitative estimate of drug-likeness (QED) is 0.897. The van der Waals surface area contributed by atoms with Crippen LogP contribution >= 0.6 is 15.9 Å². The van der Waals surface area contributed by atoms with Crippen molar-refractivity contribution in [1.82, 2.24) is 5.32 Å². The van der Waals surface area contributed by atoms with Gasteiger partial charge in [-0.3, -0.25) is 4.79 Å². The van der Waals surface area contributed by atoms with Gasteiger partial charge in [0.2, 0.25) is 5.91 Å². The molecule has 0 aromatic heterocycles. The number of hydrogen-bond donors (Lipinski definition) is 2. The highest BCUT2D eigenvalue weighted by molar-refractivity contribution is 9.10. The van der Waals surface area contributed by atoms with Crippen molar-refractivity contribution in [2.24, 2.45) is 5.73 Å². The molecule has 98 valence electrons. The van der Waals surface area contributed by atoms with Gasteiger partial charge in [0.05, 0.1) is 6.04 Å². The van der Waals surface area contributed by atoms with E-state index in [1.807, 2.05) is 0 Å². The Morgan fingerprint density at radius 2 is 2.06 bits per heavy atom. The van der Waals surface area contributed by atoms with E-state index >= 15 is 0 Å². The van der Waals surface area contributed by atoms with Crippen LogP contribution in [0.15, 0.2) is 28.7 Å². The number of amides is 1. The molecule has 1 aromatic carbocycles. The summed E-state index contributed by atoms with van der Waals surface area (Å²) in [5, 5.41) is 2.96. The number of halogens is 1. The summed E-state index contributed by atoms with van der Waals surface area (Å²) in [5.41, 5.74) is 6.99. The van der Waals surface area contributed by atoms with E-state index < -0.39 is 6.04 Å². The number of carbonyl (C=O) groups is 1. The van der Waals surface area contributed by atoms with Crippen LogP contribution in [0.3, 0.4) is 0 Å². The van der Waals surface area contributed by atoms with Gasteiger partial charge in [0.15, 0.2) is 0 Å². The van der Waals surface area contributed by atoms with Crippen LogP contribution < -0.4 is 11.1 Å². The molecule has 1 aliphatic rings. The van der Waals surface area contributed by atoms with Crippen molar-refractivity contribution >= 4 is 21.8 Å². The molecule has 0 unspecified atom stereocenters. The molecule has 3 N–H and O–H groups in total. The fourth-order valence-corrected chi connectivity index (χ4v) is 2.66. The number of carbonyl (C=O) groups excluding carboxylic acids is 1.